The number of hydrogen-bond donors (Lipinski definition) is 0. The molecule has 2 aromatic heterocycles. The molecule has 0 amide bonds. The van der Waals surface area contributed by atoms with Crippen LogP contribution >= 0.6 is 11.3 Å². The average molecular weight is 239 g/mol. The predicted molar refractivity (Wildman–Crippen MR) is 73.6 cm³/mol. The van der Waals surface area contributed by atoms with Gasteiger partial charge in [-0.1, -0.05) is 25.1 Å². The maximum Gasteiger partial charge on any atom is 0.0702 e. The second kappa shape index (κ2) is 4.30. The standard InChI is InChI=1S/C15H13NS/c1-11(13-6-7-17-10-13)14-8-12-4-2-3-5-15(12)16-9-14/h2-11H,1H3/t11-/m0/s1. The highest BCUT2D eigenvalue weighted by Gasteiger charge is 2.09. The minimum atomic E-state index is 0.415. The second-order valence-electron chi connectivity index (χ2n) is 4.24. The number of aromatic nitrogens is 1. The van der Waals surface area contributed by atoms with Crippen LogP contribution < -0.4 is 0 Å². The maximum atomic E-state index is 4.52. The first-order chi connectivity index (χ1) is 8.34. The third-order valence-corrected chi connectivity index (χ3v) is 3.86. The van der Waals surface area contributed by atoms with Gasteiger partial charge in [0.15, 0.2) is 0 Å². The lowest BCUT2D eigenvalue weighted by Gasteiger charge is -2.10. The van der Waals surface area contributed by atoms with Gasteiger partial charge in [0.2, 0.25) is 0 Å². The van der Waals surface area contributed by atoms with E-state index in [1.807, 2.05) is 18.3 Å². The van der Waals surface area contributed by atoms with E-state index in [2.05, 4.69) is 46.9 Å². The van der Waals surface area contributed by atoms with E-state index < -0.39 is 0 Å². The van der Waals surface area contributed by atoms with Crippen molar-refractivity contribution in [3.8, 4) is 0 Å². The smallest absolute Gasteiger partial charge is 0.0702 e. The topological polar surface area (TPSA) is 12.9 Å². The summed E-state index contributed by atoms with van der Waals surface area (Å²) in [6, 6.07) is 12.7. The fraction of sp³-hybridized carbons (Fsp3) is 0.133. The van der Waals surface area contributed by atoms with Crippen LogP contribution in [0.15, 0.2) is 53.4 Å². The van der Waals surface area contributed by atoms with E-state index in [9.17, 15) is 0 Å². The molecule has 1 aromatic carbocycles. The first-order valence-electron chi connectivity index (χ1n) is 5.71. The highest BCUT2D eigenvalue weighted by Crippen LogP contribution is 2.27. The number of fused-ring (bicyclic) bond motifs is 1. The van der Waals surface area contributed by atoms with Gasteiger partial charge in [-0.2, -0.15) is 11.3 Å². The first kappa shape index (κ1) is 10.5. The summed E-state index contributed by atoms with van der Waals surface area (Å²) in [7, 11) is 0. The van der Waals surface area contributed by atoms with E-state index in [4.69, 9.17) is 0 Å². The molecule has 0 radical (unpaired) electrons. The fourth-order valence-electron chi connectivity index (χ4n) is 2.04. The second-order valence-corrected chi connectivity index (χ2v) is 5.02. The van der Waals surface area contributed by atoms with Crippen molar-refractivity contribution in [3.05, 3.63) is 64.5 Å². The van der Waals surface area contributed by atoms with Gasteiger partial charge in [-0.05, 0) is 40.1 Å². The quantitative estimate of drug-likeness (QED) is 0.644. The average Bonchev–Trinajstić information content (AvgIpc) is 2.91. The van der Waals surface area contributed by atoms with Crippen molar-refractivity contribution in [3.63, 3.8) is 0 Å². The molecule has 1 nitrogen and oxygen atoms in total. The molecule has 0 aliphatic heterocycles. The van der Waals surface area contributed by atoms with Crippen LogP contribution in [0, 0.1) is 0 Å². The number of hydrogen-bond acceptors (Lipinski definition) is 2. The molecule has 3 rings (SSSR count). The molecule has 0 spiro atoms. The van der Waals surface area contributed by atoms with Gasteiger partial charge in [-0.25, -0.2) is 0 Å². The Bertz CT molecular complexity index is 628. The Labute approximate surface area is 105 Å². The summed E-state index contributed by atoms with van der Waals surface area (Å²) in [5.41, 5.74) is 3.71. The zero-order valence-electron chi connectivity index (χ0n) is 9.63. The van der Waals surface area contributed by atoms with Gasteiger partial charge in [0.25, 0.3) is 0 Å². The maximum absolute atomic E-state index is 4.52. The molecule has 0 N–H and O–H groups in total. The molecule has 3 aromatic rings. The zero-order valence-corrected chi connectivity index (χ0v) is 10.4. The Balaban J connectivity index is 2.06. The van der Waals surface area contributed by atoms with Crippen LogP contribution in [0.5, 0.6) is 0 Å². The van der Waals surface area contributed by atoms with Gasteiger partial charge in [0, 0.05) is 17.5 Å². The van der Waals surface area contributed by atoms with Crippen molar-refractivity contribution in [2.45, 2.75) is 12.8 Å². The molecule has 2 heteroatoms. The number of para-hydroxylation sites is 1. The molecule has 0 aliphatic rings. The van der Waals surface area contributed by atoms with Crippen molar-refractivity contribution >= 4 is 22.2 Å². The van der Waals surface area contributed by atoms with Crippen molar-refractivity contribution in [2.75, 3.05) is 0 Å². The summed E-state index contributed by atoms with van der Waals surface area (Å²) >= 11 is 1.75. The third kappa shape index (κ3) is 1.96. The molecular weight excluding hydrogens is 226 g/mol. The normalized spacial score (nSPS) is 12.8. The minimum absolute atomic E-state index is 0.415. The van der Waals surface area contributed by atoms with E-state index in [1.54, 1.807) is 11.3 Å². The molecule has 2 heterocycles. The predicted octanol–water partition coefficient (Wildman–Crippen LogP) is 4.45. The lowest BCUT2D eigenvalue weighted by atomic mass is 9.96. The largest absolute Gasteiger partial charge is 0.256 e. The summed E-state index contributed by atoms with van der Waals surface area (Å²) in [6.45, 7) is 2.23. The summed E-state index contributed by atoms with van der Waals surface area (Å²) < 4.78 is 0. The van der Waals surface area contributed by atoms with Crippen LogP contribution in [0.2, 0.25) is 0 Å². The zero-order chi connectivity index (χ0) is 11.7. The van der Waals surface area contributed by atoms with Crippen molar-refractivity contribution < 1.29 is 0 Å². The Morgan fingerprint density at radius 3 is 2.82 bits per heavy atom. The molecule has 0 fully saturated rings. The van der Waals surface area contributed by atoms with E-state index in [-0.39, 0.29) is 0 Å². The van der Waals surface area contributed by atoms with Crippen LogP contribution in [0.3, 0.4) is 0 Å². The van der Waals surface area contributed by atoms with Gasteiger partial charge in [0.1, 0.15) is 0 Å². The third-order valence-electron chi connectivity index (χ3n) is 3.15. The monoisotopic (exact) mass is 239 g/mol. The van der Waals surface area contributed by atoms with Crippen LogP contribution in [0.4, 0.5) is 0 Å². The molecular formula is C15H13NS. The molecule has 84 valence electrons. The van der Waals surface area contributed by atoms with Gasteiger partial charge in [0.05, 0.1) is 5.52 Å². The van der Waals surface area contributed by atoms with Crippen molar-refractivity contribution in [1.29, 1.82) is 0 Å². The van der Waals surface area contributed by atoms with Gasteiger partial charge >= 0.3 is 0 Å². The molecule has 0 saturated heterocycles. The molecule has 1 atom stereocenters. The molecule has 0 bridgehead atoms. The van der Waals surface area contributed by atoms with E-state index in [0.29, 0.717) is 5.92 Å². The van der Waals surface area contributed by atoms with E-state index >= 15 is 0 Å². The lowest BCUT2D eigenvalue weighted by Crippen LogP contribution is -1.95. The Kier molecular flexibility index (Phi) is 2.65. The van der Waals surface area contributed by atoms with Crippen molar-refractivity contribution in [1.82, 2.24) is 4.98 Å². The Morgan fingerprint density at radius 1 is 1.12 bits per heavy atom. The summed E-state index contributed by atoms with van der Waals surface area (Å²) in [5, 5.41) is 5.55. The number of nitrogens with zero attached hydrogens (tertiary/aromatic N) is 1. The summed E-state index contributed by atoms with van der Waals surface area (Å²) in [5.74, 6) is 0.415. The van der Waals surface area contributed by atoms with Gasteiger partial charge in [-0.15, -0.1) is 0 Å². The van der Waals surface area contributed by atoms with Crippen LogP contribution in [0.25, 0.3) is 10.9 Å². The highest BCUT2D eigenvalue weighted by molar-refractivity contribution is 7.08. The van der Waals surface area contributed by atoms with Gasteiger partial charge in [-0.3, -0.25) is 4.98 Å². The van der Waals surface area contributed by atoms with Gasteiger partial charge < -0.3 is 0 Å². The fourth-order valence-corrected chi connectivity index (χ4v) is 2.79. The van der Waals surface area contributed by atoms with Crippen LogP contribution in [-0.2, 0) is 0 Å². The molecule has 17 heavy (non-hydrogen) atoms. The lowest BCUT2D eigenvalue weighted by molar-refractivity contribution is 0.923. The first-order valence-corrected chi connectivity index (χ1v) is 6.65. The number of rotatable bonds is 2. The van der Waals surface area contributed by atoms with Crippen LogP contribution in [0.1, 0.15) is 24.0 Å². The number of thiophene rings is 1. The van der Waals surface area contributed by atoms with Crippen molar-refractivity contribution in [2.24, 2.45) is 0 Å². The highest BCUT2D eigenvalue weighted by atomic mass is 32.1. The Morgan fingerprint density at radius 2 is 2.00 bits per heavy atom. The molecule has 0 saturated carbocycles. The summed E-state index contributed by atoms with van der Waals surface area (Å²) in [6.07, 6.45) is 1.99. The molecule has 0 aliphatic carbocycles. The number of pyridine rings is 1. The summed E-state index contributed by atoms with van der Waals surface area (Å²) in [4.78, 5) is 4.52. The number of benzene rings is 1. The minimum Gasteiger partial charge on any atom is -0.256 e. The van der Waals surface area contributed by atoms with E-state index in [1.165, 1.54) is 16.5 Å². The van der Waals surface area contributed by atoms with Crippen LogP contribution in [-0.4, -0.2) is 4.98 Å². The SMILES string of the molecule is C[C@@H](c1ccsc1)c1cnc2ccccc2c1. The van der Waals surface area contributed by atoms with E-state index in [0.717, 1.165) is 5.52 Å². The molecule has 0 unspecified atom stereocenters. The Hall–Kier alpha value is -1.67.